The van der Waals surface area contributed by atoms with Gasteiger partial charge in [0.25, 0.3) is 0 Å². The van der Waals surface area contributed by atoms with Gasteiger partial charge >= 0.3 is 0 Å². The van der Waals surface area contributed by atoms with Gasteiger partial charge in [-0.15, -0.1) is 10.2 Å². The van der Waals surface area contributed by atoms with E-state index in [9.17, 15) is 0 Å². The van der Waals surface area contributed by atoms with Crippen LogP contribution in [0.3, 0.4) is 0 Å². The molecule has 2 rings (SSSR count). The quantitative estimate of drug-likeness (QED) is 0.805. The predicted molar refractivity (Wildman–Crippen MR) is 94.6 cm³/mol. The molecular formula is C14H19BrN4S2. The van der Waals surface area contributed by atoms with Crippen LogP contribution < -0.4 is 10.2 Å². The molecule has 21 heavy (non-hydrogen) atoms. The molecule has 114 valence electrons. The molecule has 1 N–H and O–H groups in total. The summed E-state index contributed by atoms with van der Waals surface area (Å²) in [5.41, 5.74) is 1.28. The average molecular weight is 387 g/mol. The molecule has 7 heteroatoms. The zero-order valence-corrected chi connectivity index (χ0v) is 15.8. The first-order chi connectivity index (χ1) is 10.0. The molecule has 0 radical (unpaired) electrons. The molecule has 1 unspecified atom stereocenters. The zero-order valence-electron chi connectivity index (χ0n) is 12.6. The molecular weight excluding hydrogens is 368 g/mol. The number of halogens is 1. The molecule has 0 spiro atoms. The first-order valence-corrected chi connectivity index (χ1v) is 9.15. The van der Waals surface area contributed by atoms with Gasteiger partial charge in [0, 0.05) is 29.5 Å². The highest BCUT2D eigenvalue weighted by Gasteiger charge is 2.14. The Balaban J connectivity index is 2.25. The Hall–Kier alpha value is -0.630. The molecule has 1 heterocycles. The summed E-state index contributed by atoms with van der Waals surface area (Å²) in [5.74, 6) is 0. The average Bonchev–Trinajstić information content (AvgIpc) is 2.90. The summed E-state index contributed by atoms with van der Waals surface area (Å²) in [7, 11) is 3.96. The molecule has 0 aliphatic heterocycles. The van der Waals surface area contributed by atoms with Crippen LogP contribution in [0.15, 0.2) is 31.9 Å². The Bertz CT molecular complexity index is 600. The molecule has 1 aromatic carbocycles. The van der Waals surface area contributed by atoms with Crippen LogP contribution in [0, 0.1) is 0 Å². The zero-order chi connectivity index (χ0) is 15.4. The lowest BCUT2D eigenvalue weighted by molar-refractivity contribution is 0.589. The summed E-state index contributed by atoms with van der Waals surface area (Å²) in [5, 5.41) is 12.8. The monoisotopic (exact) mass is 386 g/mol. The number of hydrogen-bond donors (Lipinski definition) is 1. The number of anilines is 1. The van der Waals surface area contributed by atoms with E-state index in [-0.39, 0.29) is 0 Å². The van der Waals surface area contributed by atoms with Crippen LogP contribution in [-0.2, 0) is 0 Å². The molecule has 2 aromatic rings. The minimum absolute atomic E-state index is 0.302. The highest BCUT2D eigenvalue weighted by atomic mass is 79.9. The Kier molecular flexibility index (Phi) is 6.04. The van der Waals surface area contributed by atoms with Crippen molar-refractivity contribution >= 4 is 44.2 Å². The van der Waals surface area contributed by atoms with E-state index in [1.54, 1.807) is 23.1 Å². The van der Waals surface area contributed by atoms with E-state index in [0.29, 0.717) is 6.04 Å². The maximum Gasteiger partial charge on any atom is 0.208 e. The van der Waals surface area contributed by atoms with E-state index in [1.165, 1.54) is 10.5 Å². The molecule has 0 aliphatic carbocycles. The van der Waals surface area contributed by atoms with Crippen LogP contribution in [0.4, 0.5) is 5.13 Å². The minimum Gasteiger partial charge on any atom is -0.353 e. The van der Waals surface area contributed by atoms with Crippen molar-refractivity contribution in [1.29, 1.82) is 0 Å². The van der Waals surface area contributed by atoms with Crippen LogP contribution in [-0.4, -0.2) is 30.8 Å². The second kappa shape index (κ2) is 7.58. The number of rotatable bonds is 6. The van der Waals surface area contributed by atoms with Crippen molar-refractivity contribution in [3.05, 3.63) is 28.2 Å². The third-order valence-electron chi connectivity index (χ3n) is 2.92. The number of aromatic nitrogens is 2. The molecule has 0 amide bonds. The maximum absolute atomic E-state index is 4.26. The van der Waals surface area contributed by atoms with Crippen LogP contribution in [0.2, 0.25) is 0 Å². The number of hydrogen-bond acceptors (Lipinski definition) is 6. The molecule has 0 aliphatic rings. The molecule has 1 atom stereocenters. The first kappa shape index (κ1) is 16.7. The second-order valence-electron chi connectivity index (χ2n) is 4.81. The van der Waals surface area contributed by atoms with E-state index in [0.717, 1.165) is 20.5 Å². The molecule has 0 saturated heterocycles. The lowest BCUT2D eigenvalue weighted by Crippen LogP contribution is -2.18. The predicted octanol–water partition coefficient (Wildman–Crippen LogP) is 4.19. The topological polar surface area (TPSA) is 41.1 Å². The van der Waals surface area contributed by atoms with Gasteiger partial charge in [-0.1, -0.05) is 46.0 Å². The van der Waals surface area contributed by atoms with Crippen LogP contribution in [0.25, 0.3) is 0 Å². The Morgan fingerprint density at radius 1 is 1.38 bits per heavy atom. The fraction of sp³-hybridized carbons (Fsp3) is 0.429. The first-order valence-electron chi connectivity index (χ1n) is 6.72. The number of benzene rings is 1. The highest BCUT2D eigenvalue weighted by Crippen LogP contribution is 2.37. The van der Waals surface area contributed by atoms with Gasteiger partial charge in [-0.3, -0.25) is 0 Å². The van der Waals surface area contributed by atoms with E-state index < -0.39 is 0 Å². The fourth-order valence-corrected chi connectivity index (χ4v) is 4.19. The number of nitrogens with one attached hydrogen (secondary N) is 1. The second-order valence-corrected chi connectivity index (χ2v) is 7.97. The van der Waals surface area contributed by atoms with Gasteiger partial charge in [-0.05, 0) is 37.2 Å². The summed E-state index contributed by atoms with van der Waals surface area (Å²) >= 11 is 6.84. The van der Waals surface area contributed by atoms with Crippen molar-refractivity contribution in [1.82, 2.24) is 15.5 Å². The summed E-state index contributed by atoms with van der Waals surface area (Å²) < 4.78 is 2.06. The van der Waals surface area contributed by atoms with Crippen molar-refractivity contribution in [3.63, 3.8) is 0 Å². The lowest BCUT2D eigenvalue weighted by atomic mass is 10.1. The summed E-state index contributed by atoms with van der Waals surface area (Å²) in [6.07, 6.45) is 0. The smallest absolute Gasteiger partial charge is 0.208 e. The Morgan fingerprint density at radius 2 is 2.14 bits per heavy atom. The van der Waals surface area contributed by atoms with Crippen molar-refractivity contribution in [2.45, 2.75) is 29.1 Å². The molecule has 1 aromatic heterocycles. The summed E-state index contributed by atoms with van der Waals surface area (Å²) in [6.45, 7) is 5.25. The maximum atomic E-state index is 4.26. The van der Waals surface area contributed by atoms with Crippen molar-refractivity contribution in [3.8, 4) is 0 Å². The van der Waals surface area contributed by atoms with Crippen molar-refractivity contribution in [2.24, 2.45) is 0 Å². The summed E-state index contributed by atoms with van der Waals surface area (Å²) in [6, 6.07) is 6.67. The van der Waals surface area contributed by atoms with E-state index in [1.807, 2.05) is 19.0 Å². The van der Waals surface area contributed by atoms with Crippen LogP contribution in [0.5, 0.6) is 0 Å². The van der Waals surface area contributed by atoms with Gasteiger partial charge in [0.1, 0.15) is 0 Å². The van der Waals surface area contributed by atoms with E-state index in [2.05, 4.69) is 63.5 Å². The van der Waals surface area contributed by atoms with Crippen LogP contribution in [0.1, 0.15) is 25.5 Å². The SMILES string of the molecule is CCNC(C)c1cc(Br)ccc1Sc1nnc(N(C)C)s1. The highest BCUT2D eigenvalue weighted by molar-refractivity contribution is 9.10. The van der Waals surface area contributed by atoms with E-state index >= 15 is 0 Å². The standard InChI is InChI=1S/C14H19BrN4S2/c1-5-16-9(2)11-8-10(15)6-7-12(11)20-14-18-17-13(21-14)19(3)4/h6-9,16H,5H2,1-4H3. The number of nitrogens with zero attached hydrogens (tertiary/aromatic N) is 3. The normalized spacial score (nSPS) is 12.4. The summed E-state index contributed by atoms with van der Waals surface area (Å²) in [4.78, 5) is 3.19. The third-order valence-corrected chi connectivity index (χ3v) is 5.65. The van der Waals surface area contributed by atoms with Crippen molar-refractivity contribution < 1.29 is 0 Å². The lowest BCUT2D eigenvalue weighted by Gasteiger charge is -2.16. The molecule has 0 saturated carbocycles. The van der Waals surface area contributed by atoms with Gasteiger partial charge in [-0.25, -0.2) is 0 Å². The van der Waals surface area contributed by atoms with Gasteiger partial charge in [0.15, 0.2) is 4.34 Å². The van der Waals surface area contributed by atoms with Gasteiger partial charge < -0.3 is 10.2 Å². The van der Waals surface area contributed by atoms with Gasteiger partial charge in [0.2, 0.25) is 5.13 Å². The Labute approximate surface area is 142 Å². The van der Waals surface area contributed by atoms with Gasteiger partial charge in [-0.2, -0.15) is 0 Å². The third kappa shape index (κ3) is 4.42. The molecule has 4 nitrogen and oxygen atoms in total. The van der Waals surface area contributed by atoms with Gasteiger partial charge in [0.05, 0.1) is 0 Å². The van der Waals surface area contributed by atoms with Crippen LogP contribution >= 0.6 is 39.0 Å². The molecule has 0 fully saturated rings. The Morgan fingerprint density at radius 3 is 2.76 bits per heavy atom. The molecule has 0 bridgehead atoms. The van der Waals surface area contributed by atoms with Crippen molar-refractivity contribution in [2.75, 3.05) is 25.5 Å². The minimum atomic E-state index is 0.302. The largest absolute Gasteiger partial charge is 0.353 e. The van der Waals surface area contributed by atoms with E-state index in [4.69, 9.17) is 0 Å². The fourth-order valence-electron chi connectivity index (χ4n) is 1.89.